The SMILES string of the molecule is CCc1ccc(N=C(SCC(=O)Nc2cccc(OC)c2)c2c(O)n(C)c(=O)n(C)c2=O)cc1. The van der Waals surface area contributed by atoms with Gasteiger partial charge >= 0.3 is 5.69 Å². The predicted molar refractivity (Wildman–Crippen MR) is 135 cm³/mol. The molecule has 0 bridgehead atoms. The molecule has 3 aromatic rings. The van der Waals surface area contributed by atoms with Gasteiger partial charge in [-0.05, 0) is 36.2 Å². The highest BCUT2D eigenvalue weighted by atomic mass is 32.2. The number of methoxy groups -OCH3 is 1. The summed E-state index contributed by atoms with van der Waals surface area (Å²) in [6.45, 7) is 2.03. The lowest BCUT2D eigenvalue weighted by Crippen LogP contribution is -2.39. The number of aliphatic imine (C=N–C) groups is 1. The zero-order valence-electron chi connectivity index (χ0n) is 19.4. The summed E-state index contributed by atoms with van der Waals surface area (Å²) in [5, 5.41) is 13.5. The van der Waals surface area contributed by atoms with E-state index in [9.17, 15) is 19.5 Å². The van der Waals surface area contributed by atoms with Crippen LogP contribution in [0.15, 0.2) is 63.1 Å². The number of hydrogen-bond acceptors (Lipinski definition) is 7. The van der Waals surface area contributed by atoms with E-state index in [0.29, 0.717) is 17.1 Å². The lowest BCUT2D eigenvalue weighted by atomic mass is 10.1. The van der Waals surface area contributed by atoms with Gasteiger partial charge < -0.3 is 15.2 Å². The van der Waals surface area contributed by atoms with E-state index in [1.165, 1.54) is 21.2 Å². The van der Waals surface area contributed by atoms with Crippen LogP contribution in [-0.2, 0) is 25.3 Å². The first-order valence-electron chi connectivity index (χ1n) is 10.5. The quantitative estimate of drug-likeness (QED) is 0.395. The fourth-order valence-electron chi connectivity index (χ4n) is 3.14. The molecule has 0 fully saturated rings. The van der Waals surface area contributed by atoms with Gasteiger partial charge in [0.15, 0.2) is 0 Å². The Morgan fingerprint density at radius 2 is 1.82 bits per heavy atom. The molecule has 2 N–H and O–H groups in total. The molecule has 9 nitrogen and oxygen atoms in total. The third kappa shape index (κ3) is 5.57. The van der Waals surface area contributed by atoms with Crippen molar-refractivity contribution in [3.05, 3.63) is 80.5 Å². The molecule has 0 spiro atoms. The van der Waals surface area contributed by atoms with E-state index in [1.54, 1.807) is 36.4 Å². The van der Waals surface area contributed by atoms with Gasteiger partial charge in [-0.25, -0.2) is 9.79 Å². The van der Waals surface area contributed by atoms with Crippen LogP contribution in [0.5, 0.6) is 11.6 Å². The minimum absolute atomic E-state index is 0.0888. The first-order chi connectivity index (χ1) is 16.2. The maximum Gasteiger partial charge on any atom is 0.333 e. The van der Waals surface area contributed by atoms with Crippen molar-refractivity contribution in [3.8, 4) is 11.6 Å². The zero-order valence-corrected chi connectivity index (χ0v) is 20.2. The number of nitrogens with one attached hydrogen (secondary N) is 1. The van der Waals surface area contributed by atoms with Crippen LogP contribution >= 0.6 is 11.8 Å². The number of aromatic hydroxyl groups is 1. The van der Waals surface area contributed by atoms with E-state index in [2.05, 4.69) is 10.3 Å². The summed E-state index contributed by atoms with van der Waals surface area (Å²) >= 11 is 0.986. The van der Waals surface area contributed by atoms with E-state index < -0.39 is 17.1 Å². The van der Waals surface area contributed by atoms with Crippen molar-refractivity contribution in [1.29, 1.82) is 0 Å². The van der Waals surface area contributed by atoms with Gasteiger partial charge in [-0.15, -0.1) is 0 Å². The topological polar surface area (TPSA) is 115 Å². The second-order valence-corrected chi connectivity index (χ2v) is 8.37. The van der Waals surface area contributed by atoms with Crippen LogP contribution < -0.4 is 21.3 Å². The predicted octanol–water partition coefficient (Wildman–Crippen LogP) is 2.81. The minimum Gasteiger partial charge on any atom is -0.497 e. The second-order valence-electron chi connectivity index (χ2n) is 7.41. The molecule has 0 unspecified atom stereocenters. The molecule has 0 aliphatic carbocycles. The lowest BCUT2D eigenvalue weighted by Gasteiger charge is -2.13. The maximum atomic E-state index is 12.9. The zero-order chi connectivity index (χ0) is 24.8. The molecule has 0 aliphatic rings. The van der Waals surface area contributed by atoms with E-state index in [4.69, 9.17) is 4.74 Å². The normalized spacial score (nSPS) is 11.4. The second kappa shape index (κ2) is 10.9. The van der Waals surface area contributed by atoms with Crippen molar-refractivity contribution in [2.24, 2.45) is 19.1 Å². The summed E-state index contributed by atoms with van der Waals surface area (Å²) < 4.78 is 7.02. The largest absolute Gasteiger partial charge is 0.497 e. The molecule has 0 aliphatic heterocycles. The smallest absolute Gasteiger partial charge is 0.333 e. The highest BCUT2D eigenvalue weighted by Gasteiger charge is 2.22. The number of anilines is 1. The number of hydrogen-bond donors (Lipinski definition) is 2. The van der Waals surface area contributed by atoms with Crippen molar-refractivity contribution in [2.45, 2.75) is 13.3 Å². The molecule has 178 valence electrons. The van der Waals surface area contributed by atoms with Crippen LogP contribution in [0.4, 0.5) is 11.4 Å². The summed E-state index contributed by atoms with van der Waals surface area (Å²) in [4.78, 5) is 42.2. The van der Waals surface area contributed by atoms with Gasteiger partial charge in [0.05, 0.1) is 18.6 Å². The Kier molecular flexibility index (Phi) is 7.95. The maximum absolute atomic E-state index is 12.9. The summed E-state index contributed by atoms with van der Waals surface area (Å²) in [5.41, 5.74) is 0.696. The molecule has 0 saturated carbocycles. The first-order valence-corrected chi connectivity index (χ1v) is 11.5. The standard InChI is InChI=1S/C24H26N4O5S/c1-5-15-9-11-16(12-10-15)26-21(20-22(30)27(2)24(32)28(3)23(20)31)34-14-19(29)25-17-7-6-8-18(13-17)33-4/h6-13,30H,5,14H2,1-4H3,(H,25,29). The molecule has 0 radical (unpaired) electrons. The number of thioether (sulfide) groups is 1. The molecule has 0 atom stereocenters. The third-order valence-electron chi connectivity index (χ3n) is 5.12. The number of rotatable bonds is 7. The molecule has 10 heteroatoms. The van der Waals surface area contributed by atoms with Crippen LogP contribution in [0.1, 0.15) is 18.1 Å². The van der Waals surface area contributed by atoms with E-state index in [-0.39, 0.29) is 22.3 Å². The molecule has 34 heavy (non-hydrogen) atoms. The Morgan fingerprint density at radius 1 is 1.12 bits per heavy atom. The third-order valence-corrected chi connectivity index (χ3v) is 6.09. The summed E-state index contributed by atoms with van der Waals surface area (Å²) in [6.07, 6.45) is 0.859. The fraction of sp³-hybridized carbons (Fsp3) is 0.250. The highest BCUT2D eigenvalue weighted by Crippen LogP contribution is 2.24. The van der Waals surface area contributed by atoms with Crippen molar-refractivity contribution < 1.29 is 14.6 Å². The van der Waals surface area contributed by atoms with Crippen LogP contribution in [-0.4, -0.2) is 38.1 Å². The number of benzene rings is 2. The van der Waals surface area contributed by atoms with Crippen molar-refractivity contribution in [1.82, 2.24) is 9.13 Å². The number of aryl methyl sites for hydroxylation is 1. The van der Waals surface area contributed by atoms with E-state index in [1.807, 2.05) is 19.1 Å². The Balaban J connectivity index is 1.96. The van der Waals surface area contributed by atoms with Gasteiger partial charge in [0, 0.05) is 25.8 Å². The minimum atomic E-state index is -0.703. The number of carbonyl (C=O) groups is 1. The van der Waals surface area contributed by atoms with Crippen molar-refractivity contribution in [2.75, 3.05) is 18.2 Å². The van der Waals surface area contributed by atoms with Gasteiger partial charge in [0.1, 0.15) is 16.4 Å². The molecule has 1 aromatic heterocycles. The van der Waals surface area contributed by atoms with Crippen LogP contribution in [0.25, 0.3) is 0 Å². The summed E-state index contributed by atoms with van der Waals surface area (Å²) in [5.74, 6) is -0.345. The molecular weight excluding hydrogens is 456 g/mol. The van der Waals surface area contributed by atoms with E-state index in [0.717, 1.165) is 32.9 Å². The van der Waals surface area contributed by atoms with Crippen molar-refractivity contribution >= 4 is 34.1 Å². The Hall–Kier alpha value is -3.79. The Bertz CT molecular complexity index is 1340. The van der Waals surface area contributed by atoms with Crippen molar-refractivity contribution in [3.63, 3.8) is 0 Å². The first kappa shape index (κ1) is 24.8. The summed E-state index contributed by atoms with van der Waals surface area (Å²) in [6, 6.07) is 14.3. The van der Waals surface area contributed by atoms with Gasteiger partial charge in [-0.1, -0.05) is 36.9 Å². The van der Waals surface area contributed by atoms with E-state index >= 15 is 0 Å². The van der Waals surface area contributed by atoms with Gasteiger partial charge in [-0.2, -0.15) is 0 Å². The molecule has 2 aromatic carbocycles. The van der Waals surface area contributed by atoms with Crippen LogP contribution in [0.3, 0.4) is 0 Å². The molecule has 1 heterocycles. The van der Waals surface area contributed by atoms with Crippen LogP contribution in [0.2, 0.25) is 0 Å². The van der Waals surface area contributed by atoms with Gasteiger partial charge in [0.2, 0.25) is 11.8 Å². The Morgan fingerprint density at radius 3 is 2.47 bits per heavy atom. The lowest BCUT2D eigenvalue weighted by molar-refractivity contribution is -0.113. The highest BCUT2D eigenvalue weighted by molar-refractivity contribution is 8.15. The molecule has 1 amide bonds. The number of carbonyl (C=O) groups excluding carboxylic acids is 1. The number of ether oxygens (including phenoxy) is 1. The summed E-state index contributed by atoms with van der Waals surface area (Å²) in [7, 11) is 4.21. The fourth-order valence-corrected chi connectivity index (χ4v) is 3.97. The number of aromatic nitrogens is 2. The molecule has 3 rings (SSSR count). The monoisotopic (exact) mass is 482 g/mol. The average Bonchev–Trinajstić information content (AvgIpc) is 2.85. The molecular formula is C24H26N4O5S. The average molecular weight is 483 g/mol. The van der Waals surface area contributed by atoms with Gasteiger partial charge in [0.25, 0.3) is 5.56 Å². The van der Waals surface area contributed by atoms with Gasteiger partial charge in [-0.3, -0.25) is 18.7 Å². The number of nitrogens with zero attached hydrogens (tertiary/aromatic N) is 3. The van der Waals surface area contributed by atoms with Crippen LogP contribution in [0, 0.1) is 0 Å². The Labute approximate surface area is 200 Å². The number of amides is 1. The molecule has 0 saturated heterocycles.